The van der Waals surface area contributed by atoms with E-state index < -0.39 is 9.84 Å². The topological polar surface area (TPSA) is 34.1 Å². The number of hydrogen-bond acceptors (Lipinski definition) is 2. The number of sulfone groups is 1. The quantitative estimate of drug-likeness (QED) is 0.857. The van der Waals surface area contributed by atoms with Gasteiger partial charge in [0, 0.05) is 4.47 Å². The molecule has 1 aliphatic rings. The average molecular weight is 289 g/mol. The van der Waals surface area contributed by atoms with Gasteiger partial charge in [-0.3, -0.25) is 0 Å². The van der Waals surface area contributed by atoms with Crippen molar-refractivity contribution in [3.8, 4) is 0 Å². The highest BCUT2D eigenvalue weighted by Gasteiger charge is 2.29. The van der Waals surface area contributed by atoms with Crippen LogP contribution in [-0.4, -0.2) is 14.2 Å². The second kappa shape index (κ2) is 3.91. The van der Waals surface area contributed by atoms with Gasteiger partial charge in [-0.1, -0.05) is 22.0 Å². The summed E-state index contributed by atoms with van der Waals surface area (Å²) in [5, 5.41) is 0. The number of rotatable bonds is 3. The predicted molar refractivity (Wildman–Crippen MR) is 63.7 cm³/mol. The molecule has 1 aromatic carbocycles. The number of benzene rings is 1. The van der Waals surface area contributed by atoms with E-state index in [2.05, 4.69) is 15.9 Å². The predicted octanol–water partition coefficient (Wildman–Crippen LogP) is 2.94. The largest absolute Gasteiger partial charge is 0.224 e. The van der Waals surface area contributed by atoms with Crippen molar-refractivity contribution in [3.63, 3.8) is 0 Å². The lowest BCUT2D eigenvalue weighted by Gasteiger charge is -2.08. The van der Waals surface area contributed by atoms with Crippen LogP contribution in [0.2, 0.25) is 0 Å². The van der Waals surface area contributed by atoms with Crippen LogP contribution in [0.25, 0.3) is 0 Å². The van der Waals surface area contributed by atoms with Crippen LogP contribution in [0.1, 0.15) is 18.4 Å². The molecule has 1 fully saturated rings. The SMILES string of the molecule is Cc1c(Br)cccc1S(=O)(=O)CC1CC1. The molecule has 0 unspecified atom stereocenters. The molecular weight excluding hydrogens is 276 g/mol. The van der Waals surface area contributed by atoms with Crippen LogP contribution < -0.4 is 0 Å². The fraction of sp³-hybridized carbons (Fsp3) is 0.455. The lowest BCUT2D eigenvalue weighted by Crippen LogP contribution is -2.10. The Morgan fingerprint density at radius 1 is 1.40 bits per heavy atom. The van der Waals surface area contributed by atoms with Gasteiger partial charge < -0.3 is 0 Å². The first-order valence-electron chi connectivity index (χ1n) is 4.98. The molecule has 1 aliphatic carbocycles. The Kier molecular flexibility index (Phi) is 2.90. The highest BCUT2D eigenvalue weighted by molar-refractivity contribution is 9.10. The minimum atomic E-state index is -3.08. The molecule has 0 atom stereocenters. The van der Waals surface area contributed by atoms with E-state index >= 15 is 0 Å². The Balaban J connectivity index is 2.39. The van der Waals surface area contributed by atoms with Gasteiger partial charge in [-0.15, -0.1) is 0 Å². The van der Waals surface area contributed by atoms with Gasteiger partial charge in [0.15, 0.2) is 9.84 Å². The summed E-state index contributed by atoms with van der Waals surface area (Å²) in [4.78, 5) is 0.476. The third-order valence-electron chi connectivity index (χ3n) is 2.71. The molecule has 0 aliphatic heterocycles. The second-order valence-corrected chi connectivity index (χ2v) is 6.94. The Bertz CT molecular complexity index is 475. The molecule has 0 spiro atoms. The van der Waals surface area contributed by atoms with E-state index in [1.165, 1.54) is 0 Å². The molecule has 0 radical (unpaired) electrons. The maximum atomic E-state index is 12.0. The zero-order valence-electron chi connectivity index (χ0n) is 8.53. The fourth-order valence-electron chi connectivity index (χ4n) is 1.61. The second-order valence-electron chi connectivity index (χ2n) is 4.09. The van der Waals surface area contributed by atoms with Crippen LogP contribution >= 0.6 is 15.9 Å². The molecule has 15 heavy (non-hydrogen) atoms. The van der Waals surface area contributed by atoms with Crippen molar-refractivity contribution in [2.45, 2.75) is 24.7 Å². The summed E-state index contributed by atoms with van der Waals surface area (Å²) < 4.78 is 24.9. The Morgan fingerprint density at radius 3 is 2.67 bits per heavy atom. The lowest BCUT2D eigenvalue weighted by molar-refractivity contribution is 0.591. The monoisotopic (exact) mass is 288 g/mol. The molecule has 1 saturated carbocycles. The van der Waals surface area contributed by atoms with Gasteiger partial charge >= 0.3 is 0 Å². The smallest absolute Gasteiger partial charge is 0.178 e. The summed E-state index contributed by atoms with van der Waals surface area (Å²) in [5.41, 5.74) is 0.818. The van der Waals surface area contributed by atoms with Gasteiger partial charge in [0.05, 0.1) is 10.6 Å². The summed E-state index contributed by atoms with van der Waals surface area (Å²) in [7, 11) is -3.08. The standard InChI is InChI=1S/C11H13BrO2S/c1-8-10(12)3-2-4-11(8)15(13,14)7-9-5-6-9/h2-4,9H,5-7H2,1H3. The fourth-order valence-corrected chi connectivity index (χ4v) is 4.10. The molecular formula is C11H13BrO2S. The molecule has 0 aromatic heterocycles. The molecule has 82 valence electrons. The van der Waals surface area contributed by atoms with Gasteiger partial charge in [-0.25, -0.2) is 8.42 Å². The molecule has 4 heteroatoms. The summed E-state index contributed by atoms with van der Waals surface area (Å²) in [6, 6.07) is 5.33. The van der Waals surface area contributed by atoms with E-state index in [9.17, 15) is 8.42 Å². The van der Waals surface area contributed by atoms with Crippen molar-refractivity contribution >= 4 is 25.8 Å². The van der Waals surface area contributed by atoms with Crippen molar-refractivity contribution in [3.05, 3.63) is 28.2 Å². The van der Waals surface area contributed by atoms with Crippen molar-refractivity contribution in [2.75, 3.05) is 5.75 Å². The van der Waals surface area contributed by atoms with E-state index in [4.69, 9.17) is 0 Å². The van der Waals surface area contributed by atoms with Gasteiger partial charge in [-0.2, -0.15) is 0 Å². The minimum absolute atomic E-state index is 0.310. The van der Waals surface area contributed by atoms with Crippen LogP contribution in [-0.2, 0) is 9.84 Å². The highest BCUT2D eigenvalue weighted by Crippen LogP contribution is 2.33. The zero-order valence-corrected chi connectivity index (χ0v) is 10.9. The molecule has 1 aromatic rings. The number of halogens is 1. The van der Waals surface area contributed by atoms with E-state index in [0.29, 0.717) is 16.6 Å². The Morgan fingerprint density at radius 2 is 2.07 bits per heavy atom. The third kappa shape index (κ3) is 2.42. The van der Waals surface area contributed by atoms with Crippen LogP contribution in [0.5, 0.6) is 0 Å². The van der Waals surface area contributed by atoms with Crippen LogP contribution in [0.3, 0.4) is 0 Å². The van der Waals surface area contributed by atoms with E-state index in [1.807, 2.05) is 13.0 Å². The molecule has 2 rings (SSSR count). The van der Waals surface area contributed by atoms with Crippen LogP contribution in [0.15, 0.2) is 27.6 Å². The van der Waals surface area contributed by atoms with Gasteiger partial charge in [0.25, 0.3) is 0 Å². The molecule has 2 nitrogen and oxygen atoms in total. The van der Waals surface area contributed by atoms with Crippen molar-refractivity contribution < 1.29 is 8.42 Å². The van der Waals surface area contributed by atoms with Gasteiger partial charge in [0.2, 0.25) is 0 Å². The van der Waals surface area contributed by atoms with E-state index in [1.54, 1.807) is 12.1 Å². The average Bonchev–Trinajstić information content (AvgIpc) is 2.92. The molecule has 0 amide bonds. The maximum Gasteiger partial charge on any atom is 0.178 e. The maximum absolute atomic E-state index is 12.0. The summed E-state index contributed by atoms with van der Waals surface area (Å²) in [6.45, 7) is 1.84. The zero-order chi connectivity index (χ0) is 11.1. The Labute approximate surface area is 98.7 Å². The van der Waals surface area contributed by atoms with Gasteiger partial charge in [-0.05, 0) is 43.4 Å². The number of hydrogen-bond donors (Lipinski definition) is 0. The van der Waals surface area contributed by atoms with Crippen molar-refractivity contribution in [1.29, 1.82) is 0 Å². The first-order valence-corrected chi connectivity index (χ1v) is 7.43. The summed E-state index contributed by atoms with van der Waals surface area (Å²) in [5.74, 6) is 0.706. The van der Waals surface area contributed by atoms with E-state index in [0.717, 1.165) is 22.9 Å². The molecule has 0 saturated heterocycles. The van der Waals surface area contributed by atoms with Crippen LogP contribution in [0.4, 0.5) is 0 Å². The molecule has 0 N–H and O–H groups in total. The Hall–Kier alpha value is -0.350. The molecule has 0 bridgehead atoms. The van der Waals surface area contributed by atoms with Gasteiger partial charge in [0.1, 0.15) is 0 Å². The van der Waals surface area contributed by atoms with E-state index in [-0.39, 0.29) is 0 Å². The summed E-state index contributed by atoms with van der Waals surface area (Å²) in [6.07, 6.45) is 2.12. The normalized spacial score (nSPS) is 16.7. The third-order valence-corrected chi connectivity index (χ3v) is 5.59. The highest BCUT2D eigenvalue weighted by atomic mass is 79.9. The first-order chi connectivity index (χ1) is 7.00. The molecule has 0 heterocycles. The first kappa shape index (κ1) is 11.1. The van der Waals surface area contributed by atoms with Crippen molar-refractivity contribution in [2.24, 2.45) is 5.92 Å². The minimum Gasteiger partial charge on any atom is -0.224 e. The van der Waals surface area contributed by atoms with Crippen molar-refractivity contribution in [1.82, 2.24) is 0 Å². The lowest BCUT2D eigenvalue weighted by atomic mass is 10.2. The van der Waals surface area contributed by atoms with Crippen LogP contribution in [0, 0.1) is 12.8 Å². The summed E-state index contributed by atoms with van der Waals surface area (Å²) >= 11 is 3.36.